The molecule has 0 bridgehead atoms. The summed E-state index contributed by atoms with van der Waals surface area (Å²) in [4.78, 5) is 89.0. The predicted octanol–water partition coefficient (Wildman–Crippen LogP) is 4.74. The van der Waals surface area contributed by atoms with Gasteiger partial charge in [-0.2, -0.15) is 4.31 Å². The standard InChI is InChI=1S/C40H72N7O17P3S/c1-25(2)11-8-12-26(3)13-9-14-27(4)15-10-16-28(5)39(52)68-20-19-42-30(48)17-18-43-37(51)34(50)40(6,7)22-61-67(58,59)64-66(56,57)60-21-29-33(63-65(53,54)55)32(49)38(62-29)47-24-46-31-35(41)44-23-45-36(31)47/h23-29,32-34,38,49-50H,8-22H2,1-7H3,(H,42,48)(H,43,51)(H,56,57)(H,58,59)(H2,41,44,45)(H2,53,54,55)/t26?,27?,28-,29+,32+,33+,34-,38+/m0/s1. The Morgan fingerprint density at radius 2 is 1.49 bits per heavy atom. The van der Waals surface area contributed by atoms with Crippen molar-refractivity contribution in [3.05, 3.63) is 12.7 Å². The molecule has 2 aromatic rings. The number of aliphatic hydroxyl groups is 2. The average Bonchev–Trinajstić information content (AvgIpc) is 3.80. The van der Waals surface area contributed by atoms with Crippen LogP contribution < -0.4 is 16.4 Å². The van der Waals surface area contributed by atoms with Crippen molar-refractivity contribution >= 4 is 69.1 Å². The van der Waals surface area contributed by atoms with Crippen molar-refractivity contribution in [1.29, 1.82) is 0 Å². The van der Waals surface area contributed by atoms with Crippen LogP contribution in [0.2, 0.25) is 0 Å². The Kier molecular flexibility index (Phi) is 24.1. The third kappa shape index (κ3) is 20.7. The van der Waals surface area contributed by atoms with Gasteiger partial charge < -0.3 is 50.9 Å². The number of hydrogen-bond acceptors (Lipinski definition) is 18. The van der Waals surface area contributed by atoms with E-state index in [4.69, 9.17) is 19.5 Å². The normalized spacial score (nSPS) is 21.5. The van der Waals surface area contributed by atoms with Gasteiger partial charge in [0, 0.05) is 36.6 Å². The SMILES string of the molecule is CC(C)CCCC(C)CCCC(C)CCC[C@H](C)C(=O)SCCNC(=O)CCNC(=O)[C@H](O)C(C)(C)COP(=O)(O)OP(=O)(O)OC[C@H]1O[C@@H](n2cnc3c(N)ncnc32)[C@H](O)[C@@H]1OP(=O)(O)O. The molecule has 28 heteroatoms. The molecule has 4 unspecified atom stereocenters. The number of phosphoric ester groups is 3. The molecule has 0 radical (unpaired) electrons. The maximum Gasteiger partial charge on any atom is 0.481 e. The van der Waals surface area contributed by atoms with Crippen molar-refractivity contribution in [1.82, 2.24) is 30.2 Å². The van der Waals surface area contributed by atoms with Gasteiger partial charge in [-0.15, -0.1) is 0 Å². The van der Waals surface area contributed by atoms with E-state index < -0.39 is 84.6 Å². The Labute approximate surface area is 401 Å². The largest absolute Gasteiger partial charge is 0.481 e. The van der Waals surface area contributed by atoms with E-state index in [0.717, 1.165) is 60.1 Å². The second kappa shape index (κ2) is 27.4. The number of carbonyl (C=O) groups is 3. The minimum atomic E-state index is -5.58. The van der Waals surface area contributed by atoms with Crippen LogP contribution in [0.4, 0.5) is 5.82 Å². The van der Waals surface area contributed by atoms with Crippen molar-refractivity contribution in [2.75, 3.05) is 37.8 Å². The highest BCUT2D eigenvalue weighted by Crippen LogP contribution is 2.61. The highest BCUT2D eigenvalue weighted by Gasteiger charge is 2.50. The number of amides is 2. The Balaban J connectivity index is 1.34. The third-order valence-electron chi connectivity index (χ3n) is 11.4. The van der Waals surface area contributed by atoms with Gasteiger partial charge in [-0.3, -0.25) is 32.5 Å². The number of carbonyl (C=O) groups excluding carboxylic acids is 3. The highest BCUT2D eigenvalue weighted by atomic mass is 32.2. The summed E-state index contributed by atoms with van der Waals surface area (Å²) in [6, 6.07) is 0. The summed E-state index contributed by atoms with van der Waals surface area (Å²) in [5.74, 6) is 1.01. The summed E-state index contributed by atoms with van der Waals surface area (Å²) in [5, 5.41) is 26.7. The fraction of sp³-hybridized carbons (Fsp3) is 0.800. The maximum absolute atomic E-state index is 12.8. The Bertz CT molecular complexity index is 2080. The molecular weight excluding hydrogens is 975 g/mol. The van der Waals surface area contributed by atoms with Gasteiger partial charge in [0.1, 0.15) is 36.3 Å². The quantitative estimate of drug-likeness (QED) is 0.0353. The number of aliphatic hydroxyl groups excluding tert-OH is 2. The number of rotatable bonds is 32. The molecule has 0 aliphatic carbocycles. The molecular formula is C40H72N7O17P3S. The monoisotopic (exact) mass is 1050 g/mol. The molecule has 68 heavy (non-hydrogen) atoms. The van der Waals surface area contributed by atoms with Crippen molar-refractivity contribution in [3.8, 4) is 0 Å². The summed E-state index contributed by atoms with van der Waals surface area (Å²) in [6.07, 6.45) is 3.58. The van der Waals surface area contributed by atoms with Gasteiger partial charge in [0.15, 0.2) is 22.8 Å². The van der Waals surface area contributed by atoms with Gasteiger partial charge in [0.05, 0.1) is 19.5 Å². The van der Waals surface area contributed by atoms with Gasteiger partial charge in [-0.05, 0) is 24.2 Å². The molecule has 390 valence electrons. The van der Waals surface area contributed by atoms with Crippen molar-refractivity contribution < 1.29 is 80.5 Å². The number of hydrogen-bond donors (Lipinski definition) is 9. The van der Waals surface area contributed by atoms with Crippen LogP contribution in [0.25, 0.3) is 11.2 Å². The number of fused-ring (bicyclic) bond motifs is 1. The Hall–Kier alpha value is -2.44. The first kappa shape index (κ1) is 59.9. The van der Waals surface area contributed by atoms with Gasteiger partial charge in [-0.1, -0.05) is 112 Å². The lowest BCUT2D eigenvalue weighted by atomic mass is 9.87. The van der Waals surface area contributed by atoms with E-state index in [0.29, 0.717) is 11.7 Å². The number of imidazole rings is 1. The lowest BCUT2D eigenvalue weighted by Gasteiger charge is -2.30. The number of anilines is 1. The van der Waals surface area contributed by atoms with E-state index in [-0.39, 0.29) is 47.5 Å². The number of phosphoric acid groups is 3. The van der Waals surface area contributed by atoms with Crippen LogP contribution in [0.1, 0.15) is 119 Å². The summed E-state index contributed by atoms with van der Waals surface area (Å²) in [6.45, 7) is 11.6. The van der Waals surface area contributed by atoms with E-state index in [2.05, 4.69) is 62.1 Å². The molecule has 1 fully saturated rings. The molecule has 2 aromatic heterocycles. The fourth-order valence-electron chi connectivity index (χ4n) is 7.29. The van der Waals surface area contributed by atoms with Crippen LogP contribution >= 0.6 is 35.2 Å². The van der Waals surface area contributed by atoms with Gasteiger partial charge in [0.25, 0.3) is 0 Å². The summed E-state index contributed by atoms with van der Waals surface area (Å²) >= 11 is 1.16. The Morgan fingerprint density at radius 1 is 0.882 bits per heavy atom. The minimum Gasteiger partial charge on any atom is -0.386 e. The molecule has 0 saturated carbocycles. The number of ether oxygens (including phenoxy) is 1. The van der Waals surface area contributed by atoms with Gasteiger partial charge in [-0.25, -0.2) is 28.6 Å². The zero-order valence-corrected chi connectivity index (χ0v) is 43.2. The summed E-state index contributed by atoms with van der Waals surface area (Å²) < 4.78 is 62.5. The molecule has 2 amide bonds. The van der Waals surface area contributed by atoms with Crippen molar-refractivity contribution in [2.45, 2.75) is 143 Å². The highest BCUT2D eigenvalue weighted by molar-refractivity contribution is 8.13. The molecule has 3 rings (SSSR count). The maximum atomic E-state index is 12.8. The minimum absolute atomic E-state index is 0.0330. The van der Waals surface area contributed by atoms with E-state index in [9.17, 15) is 57.9 Å². The summed E-state index contributed by atoms with van der Waals surface area (Å²) in [5.41, 5.74) is 4.29. The number of nitrogens with zero attached hydrogens (tertiary/aromatic N) is 4. The molecule has 10 atom stereocenters. The first-order valence-electron chi connectivity index (χ1n) is 22.7. The van der Waals surface area contributed by atoms with E-state index in [1.54, 1.807) is 0 Å². The van der Waals surface area contributed by atoms with Crippen LogP contribution in [0.3, 0.4) is 0 Å². The van der Waals surface area contributed by atoms with Crippen LogP contribution in [-0.4, -0.2) is 123 Å². The molecule has 0 aromatic carbocycles. The fourth-order valence-corrected chi connectivity index (χ4v) is 10.9. The molecule has 1 aliphatic heterocycles. The van der Waals surface area contributed by atoms with Gasteiger partial charge >= 0.3 is 23.5 Å². The zero-order valence-electron chi connectivity index (χ0n) is 39.7. The van der Waals surface area contributed by atoms with Crippen molar-refractivity contribution in [2.24, 2.45) is 29.1 Å². The smallest absolute Gasteiger partial charge is 0.386 e. The molecule has 3 heterocycles. The Morgan fingerprint density at radius 3 is 2.10 bits per heavy atom. The lowest BCUT2D eigenvalue weighted by Crippen LogP contribution is -2.46. The zero-order chi connectivity index (χ0) is 51.0. The molecule has 0 spiro atoms. The van der Waals surface area contributed by atoms with Crippen LogP contribution in [-0.2, 0) is 50.7 Å². The van der Waals surface area contributed by atoms with Crippen LogP contribution in [0.5, 0.6) is 0 Å². The van der Waals surface area contributed by atoms with E-state index in [1.165, 1.54) is 52.4 Å². The average molecular weight is 1050 g/mol. The molecule has 10 N–H and O–H groups in total. The molecule has 24 nitrogen and oxygen atoms in total. The van der Waals surface area contributed by atoms with Gasteiger partial charge in [0.2, 0.25) is 11.8 Å². The van der Waals surface area contributed by atoms with E-state index in [1.807, 2.05) is 6.92 Å². The summed E-state index contributed by atoms with van der Waals surface area (Å²) in [7, 11) is -16.4. The number of nitrogens with two attached hydrogens (primary N) is 1. The number of nitrogen functional groups attached to an aromatic ring is 1. The lowest BCUT2D eigenvalue weighted by molar-refractivity contribution is -0.137. The van der Waals surface area contributed by atoms with Crippen LogP contribution in [0.15, 0.2) is 12.7 Å². The molecule has 1 saturated heterocycles. The number of thioether (sulfide) groups is 1. The first-order chi connectivity index (χ1) is 31.6. The first-order valence-corrected chi connectivity index (χ1v) is 28.2. The molecule has 1 aliphatic rings. The number of aromatic nitrogens is 4. The second-order valence-corrected chi connectivity index (χ2v) is 23.9. The topological polar surface area (TPSA) is 364 Å². The number of nitrogens with one attached hydrogen (secondary N) is 2. The van der Waals surface area contributed by atoms with E-state index >= 15 is 0 Å². The second-order valence-electron chi connectivity index (χ2n) is 18.5. The van der Waals surface area contributed by atoms with Crippen LogP contribution in [0, 0.1) is 29.1 Å². The predicted molar refractivity (Wildman–Crippen MR) is 251 cm³/mol. The third-order valence-corrected chi connectivity index (χ3v) is 15.5. The van der Waals surface area contributed by atoms with Crippen molar-refractivity contribution in [3.63, 3.8) is 0 Å².